The first-order valence-electron chi connectivity index (χ1n) is 13.2. The molecule has 0 saturated heterocycles. The fourth-order valence-corrected chi connectivity index (χ4v) is 5.46. The summed E-state index contributed by atoms with van der Waals surface area (Å²) in [5, 5.41) is 2.17. The normalized spacial score (nSPS) is 12.3. The van der Waals surface area contributed by atoms with Crippen LogP contribution >= 0.6 is 0 Å². The topological polar surface area (TPSA) is 77.2 Å². The van der Waals surface area contributed by atoms with Crippen LogP contribution in [0.25, 0.3) is 44.3 Å². The van der Waals surface area contributed by atoms with E-state index in [1.807, 2.05) is 36.9 Å². The molecule has 7 aromatic heterocycles. The van der Waals surface area contributed by atoms with Crippen molar-refractivity contribution >= 4 is 22.1 Å². The maximum atomic E-state index is 4.97. The molecule has 7 rings (SSSR count). The molecule has 1 unspecified atom stereocenters. The van der Waals surface area contributed by atoms with Gasteiger partial charge in [-0.3, -0.25) is 9.97 Å². The molecular formula is C32H27N7. The summed E-state index contributed by atoms with van der Waals surface area (Å²) in [7, 11) is 0. The number of pyridine rings is 4. The van der Waals surface area contributed by atoms with Crippen LogP contribution in [0.2, 0.25) is 0 Å². The van der Waals surface area contributed by atoms with E-state index in [1.54, 1.807) is 12.4 Å². The third kappa shape index (κ3) is 4.08. The molecule has 7 heterocycles. The molecule has 0 aromatic carbocycles. The zero-order valence-corrected chi connectivity index (χ0v) is 21.6. The summed E-state index contributed by atoms with van der Waals surface area (Å²) < 4.78 is 4.63. The van der Waals surface area contributed by atoms with E-state index in [0.717, 1.165) is 62.8 Å². The maximum Gasteiger partial charge on any atom is 0.140 e. The van der Waals surface area contributed by atoms with Crippen molar-refractivity contribution in [1.82, 2.24) is 34.1 Å². The van der Waals surface area contributed by atoms with E-state index in [1.165, 1.54) is 5.69 Å². The predicted molar refractivity (Wildman–Crippen MR) is 154 cm³/mol. The van der Waals surface area contributed by atoms with Gasteiger partial charge >= 0.3 is 0 Å². The largest absolute Gasteiger partial charge is 0.349 e. The SMILES string of the molecule is CCCn1cccc1C(c1c[nH]c2ncc(-c3cccnc3)cc12)n1ccc2cc(-c3cccnc3)cnc21. The highest BCUT2D eigenvalue weighted by atomic mass is 15.1. The molecule has 1 atom stereocenters. The molecule has 0 aliphatic heterocycles. The highest BCUT2D eigenvalue weighted by Gasteiger charge is 2.25. The number of nitrogens with zero attached hydrogens (tertiary/aromatic N) is 6. The highest BCUT2D eigenvalue weighted by molar-refractivity contribution is 5.87. The molecule has 0 aliphatic carbocycles. The van der Waals surface area contributed by atoms with Gasteiger partial charge in [0.05, 0.1) is 0 Å². The molecule has 0 spiro atoms. The van der Waals surface area contributed by atoms with Crippen molar-refractivity contribution in [2.45, 2.75) is 25.9 Å². The number of nitrogens with one attached hydrogen (secondary N) is 1. The summed E-state index contributed by atoms with van der Waals surface area (Å²) >= 11 is 0. The molecule has 39 heavy (non-hydrogen) atoms. The highest BCUT2D eigenvalue weighted by Crippen LogP contribution is 2.36. The van der Waals surface area contributed by atoms with Crippen LogP contribution in [-0.4, -0.2) is 34.1 Å². The molecule has 0 saturated carbocycles. The van der Waals surface area contributed by atoms with Crippen LogP contribution in [0.4, 0.5) is 0 Å². The second-order valence-electron chi connectivity index (χ2n) is 9.74. The Bertz CT molecular complexity index is 1880. The van der Waals surface area contributed by atoms with E-state index >= 15 is 0 Å². The van der Waals surface area contributed by atoms with Gasteiger partial charge in [0, 0.05) is 107 Å². The number of hydrogen-bond acceptors (Lipinski definition) is 4. The minimum absolute atomic E-state index is 0.0968. The lowest BCUT2D eigenvalue weighted by Gasteiger charge is -2.22. The molecule has 0 fully saturated rings. The van der Waals surface area contributed by atoms with Gasteiger partial charge in [-0.15, -0.1) is 0 Å². The Morgan fingerprint density at radius 3 is 2.31 bits per heavy atom. The van der Waals surface area contributed by atoms with Crippen molar-refractivity contribution in [3.05, 3.63) is 122 Å². The number of fused-ring (bicyclic) bond motifs is 2. The Morgan fingerprint density at radius 2 is 1.56 bits per heavy atom. The Labute approximate surface area is 225 Å². The molecular weight excluding hydrogens is 482 g/mol. The van der Waals surface area contributed by atoms with Gasteiger partial charge in [-0.25, -0.2) is 9.97 Å². The number of hydrogen-bond donors (Lipinski definition) is 1. The molecule has 1 N–H and O–H groups in total. The van der Waals surface area contributed by atoms with E-state index in [2.05, 4.69) is 92.1 Å². The van der Waals surface area contributed by atoms with E-state index in [9.17, 15) is 0 Å². The number of aromatic nitrogens is 7. The van der Waals surface area contributed by atoms with Crippen molar-refractivity contribution in [2.24, 2.45) is 0 Å². The lowest BCUT2D eigenvalue weighted by Crippen LogP contribution is -2.16. The van der Waals surface area contributed by atoms with Gasteiger partial charge in [0.1, 0.15) is 17.3 Å². The minimum Gasteiger partial charge on any atom is -0.349 e. The van der Waals surface area contributed by atoms with Crippen LogP contribution in [-0.2, 0) is 6.54 Å². The zero-order valence-electron chi connectivity index (χ0n) is 21.6. The van der Waals surface area contributed by atoms with E-state index < -0.39 is 0 Å². The van der Waals surface area contributed by atoms with Crippen LogP contribution in [0.3, 0.4) is 0 Å². The average Bonchev–Trinajstić information content (AvgIpc) is 3.74. The number of H-pyrrole nitrogens is 1. The third-order valence-electron chi connectivity index (χ3n) is 7.29. The van der Waals surface area contributed by atoms with E-state index in [0.29, 0.717) is 0 Å². The molecule has 7 nitrogen and oxygen atoms in total. The smallest absolute Gasteiger partial charge is 0.140 e. The second kappa shape index (κ2) is 9.68. The van der Waals surface area contributed by atoms with Crippen LogP contribution in [0.1, 0.15) is 30.6 Å². The molecule has 0 bridgehead atoms. The Morgan fingerprint density at radius 1 is 0.795 bits per heavy atom. The fraction of sp³-hybridized carbons (Fsp3) is 0.125. The van der Waals surface area contributed by atoms with Crippen molar-refractivity contribution in [3.63, 3.8) is 0 Å². The number of aromatic amines is 1. The average molecular weight is 510 g/mol. The molecule has 7 heteroatoms. The zero-order chi connectivity index (χ0) is 26.2. The van der Waals surface area contributed by atoms with Gasteiger partial charge < -0.3 is 14.1 Å². The Kier molecular flexibility index (Phi) is 5.74. The molecule has 7 aromatic rings. The third-order valence-corrected chi connectivity index (χ3v) is 7.29. The lowest BCUT2D eigenvalue weighted by atomic mass is 10.0. The number of rotatable bonds is 7. The summed E-state index contributed by atoms with van der Waals surface area (Å²) in [6, 6.07) is 18.8. The standard InChI is InChI=1S/C32H27N7/c1-2-12-38-13-5-8-29(38)30(28-21-36-31-27(28)16-26(19-35-31)24-7-4-11-34-18-24)39-14-9-22-15-25(20-37-32(22)39)23-6-3-10-33-17-23/h3-11,13-21,30H,2,12H2,1H3,(H,35,36). The van der Waals surface area contributed by atoms with Crippen molar-refractivity contribution < 1.29 is 0 Å². The van der Waals surface area contributed by atoms with Gasteiger partial charge in [0.25, 0.3) is 0 Å². The first kappa shape index (κ1) is 23.1. The fourth-order valence-electron chi connectivity index (χ4n) is 5.46. The molecule has 0 amide bonds. The lowest BCUT2D eigenvalue weighted by molar-refractivity contribution is 0.588. The predicted octanol–water partition coefficient (Wildman–Crippen LogP) is 6.89. The van der Waals surface area contributed by atoms with Gasteiger partial charge in [-0.1, -0.05) is 19.1 Å². The monoisotopic (exact) mass is 509 g/mol. The van der Waals surface area contributed by atoms with Crippen molar-refractivity contribution in [2.75, 3.05) is 0 Å². The Balaban J connectivity index is 1.42. The van der Waals surface area contributed by atoms with Gasteiger partial charge in [-0.2, -0.15) is 0 Å². The van der Waals surface area contributed by atoms with Crippen LogP contribution in [0.5, 0.6) is 0 Å². The van der Waals surface area contributed by atoms with Crippen LogP contribution in [0, 0.1) is 0 Å². The van der Waals surface area contributed by atoms with Gasteiger partial charge in [0.2, 0.25) is 0 Å². The molecule has 0 aliphatic rings. The molecule has 190 valence electrons. The summed E-state index contributed by atoms with van der Waals surface area (Å²) in [4.78, 5) is 21.7. The van der Waals surface area contributed by atoms with Crippen LogP contribution < -0.4 is 0 Å². The van der Waals surface area contributed by atoms with Crippen molar-refractivity contribution in [1.29, 1.82) is 0 Å². The maximum absolute atomic E-state index is 4.97. The summed E-state index contributed by atoms with van der Waals surface area (Å²) in [5.41, 5.74) is 8.34. The Hall–Kier alpha value is -5.04. The summed E-state index contributed by atoms with van der Waals surface area (Å²) in [6.45, 7) is 3.15. The summed E-state index contributed by atoms with van der Waals surface area (Å²) in [6.07, 6.45) is 18.6. The number of aryl methyl sites for hydroxylation is 1. The first-order chi connectivity index (χ1) is 19.3. The van der Waals surface area contributed by atoms with Crippen LogP contribution in [0.15, 0.2) is 110 Å². The quantitative estimate of drug-likeness (QED) is 0.254. The minimum atomic E-state index is -0.0968. The second-order valence-corrected chi connectivity index (χ2v) is 9.74. The molecule has 0 radical (unpaired) electrons. The van der Waals surface area contributed by atoms with E-state index in [-0.39, 0.29) is 6.04 Å². The van der Waals surface area contributed by atoms with Crippen molar-refractivity contribution in [3.8, 4) is 22.3 Å². The van der Waals surface area contributed by atoms with Gasteiger partial charge in [0.15, 0.2) is 0 Å². The first-order valence-corrected chi connectivity index (χ1v) is 13.2. The van der Waals surface area contributed by atoms with Gasteiger partial charge in [-0.05, 0) is 48.9 Å². The van der Waals surface area contributed by atoms with E-state index in [4.69, 9.17) is 9.97 Å². The summed E-state index contributed by atoms with van der Waals surface area (Å²) in [5.74, 6) is 0.